The largest absolute Gasteiger partial charge is 0.311 e. The van der Waals surface area contributed by atoms with Crippen LogP contribution < -0.4 is 31.1 Å². The highest BCUT2D eigenvalue weighted by Gasteiger charge is 2.45. The molecule has 6 heteroatoms. The van der Waals surface area contributed by atoms with Gasteiger partial charge in [-0.15, -0.1) is 0 Å². The summed E-state index contributed by atoms with van der Waals surface area (Å²) in [5.74, 6) is 0. The molecule has 0 amide bonds. The molecule has 0 N–H and O–H groups in total. The molecule has 13 aromatic rings. The van der Waals surface area contributed by atoms with Gasteiger partial charge in [-0.1, -0.05) is 246 Å². The third kappa shape index (κ3) is 10.5. The lowest BCUT2D eigenvalue weighted by Crippen LogP contribution is -2.61. The van der Waals surface area contributed by atoms with Gasteiger partial charge in [0.25, 0.3) is 6.71 Å². The van der Waals surface area contributed by atoms with E-state index in [4.69, 9.17) is 0 Å². The smallest absolute Gasteiger partial charge is 0.252 e. The van der Waals surface area contributed by atoms with Crippen molar-refractivity contribution in [3.8, 4) is 11.4 Å². The average molecular weight is 1250 g/mol. The zero-order valence-corrected chi connectivity index (χ0v) is 59.8. The van der Waals surface area contributed by atoms with Crippen LogP contribution in [-0.2, 0) is 32.5 Å². The molecule has 5 nitrogen and oxygen atoms in total. The molecule has 0 aliphatic carbocycles. The van der Waals surface area contributed by atoms with Crippen molar-refractivity contribution in [2.45, 2.75) is 157 Å². The van der Waals surface area contributed by atoms with Crippen molar-refractivity contribution in [1.29, 1.82) is 0 Å². The summed E-state index contributed by atoms with van der Waals surface area (Å²) in [6.45, 7) is 42.1. The van der Waals surface area contributed by atoms with Crippen LogP contribution in [0.15, 0.2) is 231 Å². The van der Waals surface area contributed by atoms with Crippen LogP contribution in [0.4, 0.5) is 51.2 Å². The molecule has 0 atom stereocenters. The molecule has 4 heterocycles. The van der Waals surface area contributed by atoms with E-state index < -0.39 is 0 Å². The number of rotatable bonds is 7. The Hall–Kier alpha value is -9.52. The molecule has 2 aromatic heterocycles. The van der Waals surface area contributed by atoms with E-state index in [2.05, 4.69) is 379 Å². The Bertz CT molecular complexity index is 4750. The van der Waals surface area contributed by atoms with E-state index in [1.807, 2.05) is 0 Å². The van der Waals surface area contributed by atoms with Crippen LogP contribution in [0, 0.1) is 0 Å². The lowest BCUT2D eigenvalue weighted by molar-refractivity contribution is 0.568. The first-order valence-electron chi connectivity index (χ1n) is 34.8. The first kappa shape index (κ1) is 62.6. The fourth-order valence-electron chi connectivity index (χ4n) is 15.2. The van der Waals surface area contributed by atoms with E-state index in [-0.39, 0.29) is 39.2 Å². The molecule has 0 fully saturated rings. The molecule has 2 aliphatic rings. The van der Waals surface area contributed by atoms with Gasteiger partial charge >= 0.3 is 0 Å². The van der Waals surface area contributed by atoms with E-state index in [0.717, 1.165) is 62.6 Å². The summed E-state index contributed by atoms with van der Waals surface area (Å²) >= 11 is 0. The zero-order valence-electron chi connectivity index (χ0n) is 59.8. The first-order valence-corrected chi connectivity index (χ1v) is 34.8. The van der Waals surface area contributed by atoms with E-state index in [9.17, 15) is 0 Å². The van der Waals surface area contributed by atoms with Crippen LogP contribution in [-0.4, -0.2) is 15.8 Å². The van der Waals surface area contributed by atoms with E-state index in [1.165, 1.54) is 93.4 Å². The average Bonchev–Trinajstić information content (AvgIpc) is 0.760. The number of hydrogen-bond donors (Lipinski definition) is 0. The van der Waals surface area contributed by atoms with Gasteiger partial charge < -0.3 is 23.8 Å². The van der Waals surface area contributed by atoms with Crippen LogP contribution in [0.5, 0.6) is 0 Å². The molecule has 0 spiro atoms. The van der Waals surface area contributed by atoms with Crippen LogP contribution in [0.25, 0.3) is 55.0 Å². The van der Waals surface area contributed by atoms with Crippen LogP contribution in [0.3, 0.4) is 0 Å². The maximum absolute atomic E-state index is 2.68. The molecule has 11 aromatic carbocycles. The molecule has 0 saturated heterocycles. The summed E-state index contributed by atoms with van der Waals surface area (Å²) in [5.41, 5.74) is 28.0. The number of anilines is 9. The van der Waals surface area contributed by atoms with Crippen molar-refractivity contribution >= 4 is 118 Å². The van der Waals surface area contributed by atoms with Crippen molar-refractivity contribution in [1.82, 2.24) is 9.13 Å². The van der Waals surface area contributed by atoms with E-state index in [0.29, 0.717) is 0 Å². The summed E-state index contributed by atoms with van der Waals surface area (Å²) < 4.78 is 5.00. The van der Waals surface area contributed by atoms with Crippen molar-refractivity contribution in [2.75, 3.05) is 14.7 Å². The summed E-state index contributed by atoms with van der Waals surface area (Å²) in [7, 11) is 0. The number of nitrogens with zero attached hydrogens (tertiary/aromatic N) is 5. The van der Waals surface area contributed by atoms with Crippen LogP contribution in [0.2, 0.25) is 0 Å². The highest BCUT2D eigenvalue weighted by Crippen LogP contribution is 2.52. The lowest BCUT2D eigenvalue weighted by atomic mass is 9.33. The lowest BCUT2D eigenvalue weighted by Gasteiger charge is -2.46. The van der Waals surface area contributed by atoms with Gasteiger partial charge in [0.05, 0.1) is 27.8 Å². The Morgan fingerprint density at radius 3 is 0.833 bits per heavy atom. The predicted molar refractivity (Wildman–Crippen MR) is 416 cm³/mol. The molecule has 0 bridgehead atoms. The van der Waals surface area contributed by atoms with E-state index in [1.54, 1.807) is 0 Å². The third-order valence-corrected chi connectivity index (χ3v) is 20.8. The molecule has 2 aliphatic heterocycles. The highest BCUT2D eigenvalue weighted by atomic mass is 15.2. The number of hydrogen-bond acceptors (Lipinski definition) is 3. The summed E-state index contributed by atoms with van der Waals surface area (Å²) in [5, 5.41) is 4.97. The number of fused-ring (bicyclic) bond motifs is 10. The maximum atomic E-state index is 2.68. The van der Waals surface area contributed by atoms with Crippen LogP contribution >= 0.6 is 0 Å². The Morgan fingerprint density at radius 1 is 0.250 bits per heavy atom. The van der Waals surface area contributed by atoms with Crippen molar-refractivity contribution in [3.63, 3.8) is 0 Å². The Kier molecular flexibility index (Phi) is 14.4. The molecule has 480 valence electrons. The minimum Gasteiger partial charge on any atom is -0.311 e. The Morgan fingerprint density at radius 2 is 0.542 bits per heavy atom. The molecule has 0 unspecified atom stereocenters. The number of para-hydroxylation sites is 4. The normalized spacial score (nSPS) is 13.7. The Labute approximate surface area is 570 Å². The summed E-state index contributed by atoms with van der Waals surface area (Å²) in [6, 6.07) is 89.5. The van der Waals surface area contributed by atoms with Gasteiger partial charge in [-0.2, -0.15) is 0 Å². The minimum absolute atomic E-state index is 0.0400. The van der Waals surface area contributed by atoms with Gasteiger partial charge in [-0.05, 0) is 191 Å². The van der Waals surface area contributed by atoms with Gasteiger partial charge in [0.15, 0.2) is 0 Å². The first-order chi connectivity index (χ1) is 45.4. The maximum Gasteiger partial charge on any atom is 0.252 e. The quantitative estimate of drug-likeness (QED) is 0.148. The molecule has 15 rings (SSSR count). The molecule has 0 saturated carbocycles. The number of aromatic nitrogens is 2. The van der Waals surface area contributed by atoms with Crippen molar-refractivity contribution < 1.29 is 0 Å². The highest BCUT2D eigenvalue weighted by molar-refractivity contribution is 7.00. The molecule has 96 heavy (non-hydrogen) atoms. The summed E-state index contributed by atoms with van der Waals surface area (Å²) in [6.07, 6.45) is 0. The second-order valence-electron chi connectivity index (χ2n) is 33.7. The Balaban J connectivity index is 1.13. The molecular weight excluding hydrogens is 1160 g/mol. The standard InChI is InChI=1S/C90H92BN5/c1-85(2,3)57-35-39-63(40-36-57)92(64-41-37-58(38-42-64)86(4,5)6)69-55-82-84-83(56-69)96(68-51-61(89(13,14)15)48-62(52-68)90(16,17)18)81-54-66(94-78-33-25-21-29-72(78)73-30-22-26-34-79(73)94)44-46-75(81)91(84)74-45-43-65(93-76-31-23-19-27-70(76)71-28-20-24-32-77(71)93)53-80(74)95(82)67-49-59(87(7,8)9)47-60(50-67)88(10,11)12/h19-56H,1-18H3. The topological polar surface area (TPSA) is 19.6 Å². The third-order valence-electron chi connectivity index (χ3n) is 20.8. The SMILES string of the molecule is CC(C)(C)c1ccc(N(c2ccc(C(C)(C)C)cc2)c2cc3c4c(c2)N(c2cc(C(C)(C)C)cc(C(C)(C)C)c2)c2cc(-n5c6ccccc6c6ccccc65)ccc2B4c2ccc(-n4c5ccccc5c5ccccc54)cc2N3c2cc(C(C)(C)C)cc(C(C)(C)C)c2)cc1. The summed E-state index contributed by atoms with van der Waals surface area (Å²) in [4.78, 5) is 7.90. The minimum atomic E-state index is -0.188. The predicted octanol–water partition coefficient (Wildman–Crippen LogP) is 23.2. The van der Waals surface area contributed by atoms with Gasteiger partial charge in [0, 0.05) is 78.4 Å². The van der Waals surface area contributed by atoms with Crippen LogP contribution in [0.1, 0.15) is 158 Å². The van der Waals surface area contributed by atoms with Gasteiger partial charge in [-0.3, -0.25) is 0 Å². The second kappa shape index (κ2) is 22.0. The van der Waals surface area contributed by atoms with Crippen molar-refractivity contribution in [2.24, 2.45) is 0 Å². The molecule has 0 radical (unpaired) electrons. The monoisotopic (exact) mass is 1250 g/mol. The van der Waals surface area contributed by atoms with E-state index >= 15 is 0 Å². The fourth-order valence-corrected chi connectivity index (χ4v) is 15.2. The van der Waals surface area contributed by atoms with Gasteiger partial charge in [0.2, 0.25) is 0 Å². The second-order valence-corrected chi connectivity index (χ2v) is 33.7. The molecular formula is C90H92BN5. The van der Waals surface area contributed by atoms with Crippen molar-refractivity contribution in [3.05, 3.63) is 264 Å². The van der Waals surface area contributed by atoms with Gasteiger partial charge in [0.1, 0.15) is 0 Å². The zero-order chi connectivity index (χ0) is 67.5. The fraction of sp³-hybridized carbons (Fsp3) is 0.267. The number of benzene rings is 11. The van der Waals surface area contributed by atoms with Gasteiger partial charge in [-0.25, -0.2) is 0 Å².